The Balaban J connectivity index is 1.24. The summed E-state index contributed by atoms with van der Waals surface area (Å²) in [6, 6.07) is 54.4. The quantitative estimate of drug-likeness (QED) is 0.210. The Morgan fingerprint density at radius 2 is 1.14 bits per heavy atom. The first-order chi connectivity index (χ1) is 21.3. The molecule has 2 heterocycles. The Kier molecular flexibility index (Phi) is 5.40. The molecule has 2 nitrogen and oxygen atoms in total. The number of fused-ring (bicyclic) bond motifs is 7. The van der Waals surface area contributed by atoms with Gasteiger partial charge in [0, 0.05) is 37.6 Å². The lowest BCUT2D eigenvalue weighted by Crippen LogP contribution is -2.10. The average Bonchev–Trinajstić information content (AvgIpc) is 3.64. The van der Waals surface area contributed by atoms with Gasteiger partial charge in [-0.25, -0.2) is 0 Å². The van der Waals surface area contributed by atoms with Crippen molar-refractivity contribution in [3.05, 3.63) is 152 Å². The Labute approximate surface area is 252 Å². The van der Waals surface area contributed by atoms with E-state index < -0.39 is 0 Å². The van der Waals surface area contributed by atoms with Crippen LogP contribution < -0.4 is 4.90 Å². The zero-order valence-corrected chi connectivity index (χ0v) is 24.0. The Hall–Kier alpha value is -5.38. The number of furan rings is 1. The molecule has 0 amide bonds. The minimum absolute atomic E-state index is 0.900. The minimum Gasteiger partial charge on any atom is -0.456 e. The second-order valence-electron chi connectivity index (χ2n) is 11.0. The molecule has 0 atom stereocenters. The molecule has 0 N–H and O–H groups in total. The summed E-state index contributed by atoms with van der Waals surface area (Å²) in [5, 5.41) is 7.34. The highest BCUT2D eigenvalue weighted by Crippen LogP contribution is 2.46. The minimum atomic E-state index is 0.900. The van der Waals surface area contributed by atoms with Crippen LogP contribution in [0.3, 0.4) is 0 Å². The van der Waals surface area contributed by atoms with Crippen LogP contribution in [-0.2, 0) is 0 Å². The van der Waals surface area contributed by atoms with Gasteiger partial charge in [-0.1, -0.05) is 97.1 Å². The maximum absolute atomic E-state index is 6.19. The highest BCUT2D eigenvalue weighted by atomic mass is 32.1. The monoisotopic (exact) mass is 567 g/mol. The van der Waals surface area contributed by atoms with Gasteiger partial charge in [0.05, 0.1) is 10.4 Å². The molecule has 0 radical (unpaired) electrons. The van der Waals surface area contributed by atoms with Crippen LogP contribution in [0.2, 0.25) is 0 Å². The normalized spacial score (nSPS) is 11.7. The van der Waals surface area contributed by atoms with Gasteiger partial charge < -0.3 is 9.32 Å². The van der Waals surface area contributed by atoms with Crippen molar-refractivity contribution in [2.45, 2.75) is 0 Å². The lowest BCUT2D eigenvalue weighted by Gasteiger charge is -2.26. The van der Waals surface area contributed by atoms with E-state index in [0.29, 0.717) is 0 Å². The summed E-state index contributed by atoms with van der Waals surface area (Å²) in [4.78, 5) is 2.39. The fourth-order valence-electron chi connectivity index (χ4n) is 6.36. The van der Waals surface area contributed by atoms with Crippen molar-refractivity contribution in [3.63, 3.8) is 0 Å². The average molecular weight is 568 g/mol. The van der Waals surface area contributed by atoms with Gasteiger partial charge in [-0.15, -0.1) is 11.3 Å². The number of rotatable bonds is 4. The predicted molar refractivity (Wildman–Crippen MR) is 184 cm³/mol. The van der Waals surface area contributed by atoms with Crippen LogP contribution >= 0.6 is 11.3 Å². The van der Waals surface area contributed by atoms with E-state index in [1.54, 1.807) is 0 Å². The number of hydrogen-bond acceptors (Lipinski definition) is 3. The smallest absolute Gasteiger partial charge is 0.135 e. The molecule has 202 valence electrons. The summed E-state index contributed by atoms with van der Waals surface area (Å²) in [7, 11) is 0. The van der Waals surface area contributed by atoms with E-state index in [1.807, 2.05) is 23.5 Å². The summed E-state index contributed by atoms with van der Waals surface area (Å²) in [5.74, 6) is 0. The van der Waals surface area contributed by atoms with Crippen molar-refractivity contribution in [2.75, 3.05) is 4.90 Å². The van der Waals surface area contributed by atoms with Gasteiger partial charge in [0.2, 0.25) is 0 Å². The molecule has 0 saturated carbocycles. The van der Waals surface area contributed by atoms with Crippen LogP contribution in [0.25, 0.3) is 64.0 Å². The number of thiophene rings is 1. The van der Waals surface area contributed by atoms with E-state index in [4.69, 9.17) is 4.42 Å². The maximum atomic E-state index is 6.19. The molecule has 0 fully saturated rings. The second-order valence-corrected chi connectivity index (χ2v) is 12.0. The molecule has 0 aliphatic rings. The molecular weight excluding hydrogens is 543 g/mol. The van der Waals surface area contributed by atoms with Crippen LogP contribution in [-0.4, -0.2) is 0 Å². The van der Waals surface area contributed by atoms with Crippen LogP contribution in [0.4, 0.5) is 17.1 Å². The predicted octanol–water partition coefficient (Wildman–Crippen LogP) is 12.2. The molecule has 0 saturated heterocycles. The van der Waals surface area contributed by atoms with Crippen LogP contribution in [0, 0.1) is 0 Å². The molecule has 0 spiro atoms. The van der Waals surface area contributed by atoms with Crippen LogP contribution in [0.1, 0.15) is 0 Å². The molecule has 3 heteroatoms. The zero-order valence-electron chi connectivity index (χ0n) is 23.2. The summed E-state index contributed by atoms with van der Waals surface area (Å²) in [6.07, 6.45) is 0. The van der Waals surface area contributed by atoms with E-state index in [9.17, 15) is 0 Å². The summed E-state index contributed by atoms with van der Waals surface area (Å²) in [5.41, 5.74) is 7.61. The molecule has 2 aromatic heterocycles. The van der Waals surface area contributed by atoms with Crippen molar-refractivity contribution >= 4 is 81.3 Å². The zero-order chi connectivity index (χ0) is 28.3. The molecule has 0 bridgehead atoms. The highest BCUT2D eigenvalue weighted by Gasteiger charge is 2.19. The Bertz CT molecular complexity index is 2470. The molecule has 9 rings (SSSR count). The van der Waals surface area contributed by atoms with Crippen molar-refractivity contribution in [1.29, 1.82) is 0 Å². The fraction of sp³-hybridized carbons (Fsp3) is 0. The molecule has 43 heavy (non-hydrogen) atoms. The number of anilines is 3. The number of para-hydroxylation sites is 1. The largest absolute Gasteiger partial charge is 0.456 e. The van der Waals surface area contributed by atoms with Crippen LogP contribution in [0.15, 0.2) is 156 Å². The summed E-state index contributed by atoms with van der Waals surface area (Å²) in [6.45, 7) is 0. The molecule has 0 unspecified atom stereocenters. The van der Waals surface area contributed by atoms with E-state index in [-0.39, 0.29) is 0 Å². The molecular formula is C40H25NOS. The van der Waals surface area contributed by atoms with E-state index in [2.05, 4.69) is 144 Å². The van der Waals surface area contributed by atoms with Crippen LogP contribution in [0.5, 0.6) is 0 Å². The second kappa shape index (κ2) is 9.59. The standard InChI is InChI=1S/C40H25NOS/c1-2-9-28-24-29(17-16-26(28)8-1)27-18-20-30(21-19-27)41(31-22-23-38-35(25-31)32-10-3-5-14-37(32)42-38)36-13-7-12-34-33-11-4-6-15-39(33)43-40(34)36/h1-25H. The first-order valence-corrected chi connectivity index (χ1v) is 15.3. The third-order valence-corrected chi connectivity index (χ3v) is 9.66. The third kappa shape index (κ3) is 3.93. The first-order valence-electron chi connectivity index (χ1n) is 14.5. The van der Waals surface area contributed by atoms with Crippen molar-refractivity contribution in [1.82, 2.24) is 0 Å². The van der Waals surface area contributed by atoms with Gasteiger partial charge in [-0.3, -0.25) is 0 Å². The molecule has 7 aromatic carbocycles. The summed E-state index contributed by atoms with van der Waals surface area (Å²) >= 11 is 1.85. The maximum Gasteiger partial charge on any atom is 0.135 e. The van der Waals surface area contributed by atoms with Gasteiger partial charge in [-0.2, -0.15) is 0 Å². The lowest BCUT2D eigenvalue weighted by molar-refractivity contribution is 0.669. The summed E-state index contributed by atoms with van der Waals surface area (Å²) < 4.78 is 8.76. The molecule has 0 aliphatic carbocycles. The molecule has 0 aliphatic heterocycles. The SMILES string of the molecule is c1ccc2cc(-c3ccc(N(c4ccc5oc6ccccc6c5c4)c4cccc5c4sc4ccccc45)cc3)ccc2c1. The number of hydrogen-bond donors (Lipinski definition) is 0. The fourth-order valence-corrected chi connectivity index (χ4v) is 7.57. The topological polar surface area (TPSA) is 16.4 Å². The number of nitrogens with zero attached hydrogens (tertiary/aromatic N) is 1. The van der Waals surface area contributed by atoms with E-state index >= 15 is 0 Å². The van der Waals surface area contributed by atoms with E-state index in [0.717, 1.165) is 33.3 Å². The first kappa shape index (κ1) is 24.2. The Morgan fingerprint density at radius 3 is 2.05 bits per heavy atom. The van der Waals surface area contributed by atoms with Gasteiger partial charge in [-0.05, 0) is 76.5 Å². The van der Waals surface area contributed by atoms with Crippen molar-refractivity contribution < 1.29 is 4.42 Å². The van der Waals surface area contributed by atoms with Gasteiger partial charge in [0.1, 0.15) is 11.2 Å². The lowest BCUT2D eigenvalue weighted by atomic mass is 10.0. The van der Waals surface area contributed by atoms with Gasteiger partial charge >= 0.3 is 0 Å². The highest BCUT2D eigenvalue weighted by molar-refractivity contribution is 7.26. The van der Waals surface area contributed by atoms with Gasteiger partial charge in [0.25, 0.3) is 0 Å². The number of benzene rings is 7. The van der Waals surface area contributed by atoms with E-state index in [1.165, 1.54) is 47.8 Å². The van der Waals surface area contributed by atoms with Crippen molar-refractivity contribution in [3.8, 4) is 11.1 Å². The van der Waals surface area contributed by atoms with Crippen molar-refractivity contribution in [2.24, 2.45) is 0 Å². The third-order valence-electron chi connectivity index (χ3n) is 8.45. The van der Waals surface area contributed by atoms with Gasteiger partial charge in [0.15, 0.2) is 0 Å². The molecule has 9 aromatic rings. The Morgan fingerprint density at radius 1 is 0.442 bits per heavy atom.